The molecule has 0 saturated heterocycles. The standard InChI is InChI=1S/C9H8FN3O2/c1-5(14)8-12-9(15-13-8)7-3-2-6(10)4-11-7/h2-5,14H,1H3. The zero-order valence-corrected chi connectivity index (χ0v) is 7.88. The van der Waals surface area contributed by atoms with Crippen molar-refractivity contribution in [2.75, 3.05) is 0 Å². The molecule has 2 aromatic rings. The molecule has 15 heavy (non-hydrogen) atoms. The van der Waals surface area contributed by atoms with E-state index in [9.17, 15) is 4.39 Å². The summed E-state index contributed by atoms with van der Waals surface area (Å²) in [4.78, 5) is 7.67. The molecule has 0 aliphatic carbocycles. The van der Waals surface area contributed by atoms with E-state index in [4.69, 9.17) is 9.63 Å². The number of hydrogen-bond donors (Lipinski definition) is 1. The first-order valence-corrected chi connectivity index (χ1v) is 4.30. The van der Waals surface area contributed by atoms with Crippen molar-refractivity contribution >= 4 is 0 Å². The molecule has 0 aliphatic rings. The number of rotatable bonds is 2. The molecular weight excluding hydrogens is 201 g/mol. The lowest BCUT2D eigenvalue weighted by Crippen LogP contribution is -1.93. The summed E-state index contributed by atoms with van der Waals surface area (Å²) in [6, 6.07) is 2.67. The van der Waals surface area contributed by atoms with Gasteiger partial charge in [0, 0.05) is 0 Å². The molecule has 0 saturated carbocycles. The first kappa shape index (κ1) is 9.72. The molecule has 6 heteroatoms. The van der Waals surface area contributed by atoms with E-state index in [0.717, 1.165) is 6.20 Å². The fourth-order valence-corrected chi connectivity index (χ4v) is 1.01. The molecule has 1 atom stereocenters. The highest BCUT2D eigenvalue weighted by atomic mass is 19.1. The lowest BCUT2D eigenvalue weighted by atomic mass is 10.3. The minimum absolute atomic E-state index is 0.158. The summed E-state index contributed by atoms with van der Waals surface area (Å²) >= 11 is 0. The van der Waals surface area contributed by atoms with E-state index in [-0.39, 0.29) is 11.7 Å². The molecule has 5 nitrogen and oxygen atoms in total. The molecule has 0 aromatic carbocycles. The third kappa shape index (κ3) is 1.99. The Morgan fingerprint density at radius 1 is 1.47 bits per heavy atom. The maximum atomic E-state index is 12.6. The number of aliphatic hydroxyl groups is 1. The molecule has 78 valence electrons. The molecule has 0 radical (unpaired) electrons. The number of halogens is 1. The molecule has 1 N–H and O–H groups in total. The number of hydrogen-bond acceptors (Lipinski definition) is 5. The van der Waals surface area contributed by atoms with E-state index >= 15 is 0 Å². The van der Waals surface area contributed by atoms with E-state index in [0.29, 0.717) is 5.69 Å². The molecule has 0 fully saturated rings. The van der Waals surface area contributed by atoms with Crippen LogP contribution >= 0.6 is 0 Å². The van der Waals surface area contributed by atoms with Gasteiger partial charge < -0.3 is 9.63 Å². The van der Waals surface area contributed by atoms with Crippen molar-refractivity contribution in [3.05, 3.63) is 30.0 Å². The van der Waals surface area contributed by atoms with Gasteiger partial charge >= 0.3 is 0 Å². The Balaban J connectivity index is 2.33. The molecule has 0 spiro atoms. The Labute approximate surface area is 84.6 Å². The predicted octanol–water partition coefficient (Wildman–Crippen LogP) is 1.32. The SMILES string of the molecule is CC(O)c1noc(-c2ccc(F)cn2)n1. The van der Waals surface area contributed by atoms with Crippen LogP contribution in [0.4, 0.5) is 4.39 Å². The van der Waals surface area contributed by atoms with E-state index < -0.39 is 11.9 Å². The van der Waals surface area contributed by atoms with Gasteiger partial charge in [0.2, 0.25) is 0 Å². The maximum absolute atomic E-state index is 12.6. The highest BCUT2D eigenvalue weighted by molar-refractivity contribution is 5.45. The van der Waals surface area contributed by atoms with E-state index in [1.54, 1.807) is 0 Å². The van der Waals surface area contributed by atoms with Crippen LogP contribution in [0.2, 0.25) is 0 Å². The Kier molecular flexibility index (Phi) is 2.42. The molecular formula is C9H8FN3O2. The number of aliphatic hydroxyl groups excluding tert-OH is 1. The first-order chi connectivity index (χ1) is 7.16. The van der Waals surface area contributed by atoms with Gasteiger partial charge in [-0.1, -0.05) is 5.16 Å². The second-order valence-electron chi connectivity index (χ2n) is 3.00. The second kappa shape index (κ2) is 3.74. The van der Waals surface area contributed by atoms with Gasteiger partial charge in [0.25, 0.3) is 5.89 Å². The lowest BCUT2D eigenvalue weighted by Gasteiger charge is -1.93. The lowest BCUT2D eigenvalue weighted by molar-refractivity contribution is 0.184. The van der Waals surface area contributed by atoms with Crippen molar-refractivity contribution in [1.29, 1.82) is 0 Å². The molecule has 2 aromatic heterocycles. The van der Waals surface area contributed by atoms with Gasteiger partial charge in [0.05, 0.1) is 6.20 Å². The smallest absolute Gasteiger partial charge is 0.276 e. The Bertz CT molecular complexity index is 453. The highest BCUT2D eigenvalue weighted by Gasteiger charge is 2.13. The van der Waals surface area contributed by atoms with Gasteiger partial charge in [0.15, 0.2) is 5.82 Å². The molecule has 2 heterocycles. The molecule has 1 unspecified atom stereocenters. The van der Waals surface area contributed by atoms with Crippen molar-refractivity contribution in [3.8, 4) is 11.6 Å². The minimum Gasteiger partial charge on any atom is -0.385 e. The van der Waals surface area contributed by atoms with Crippen molar-refractivity contribution < 1.29 is 14.0 Å². The van der Waals surface area contributed by atoms with Crippen LogP contribution in [-0.4, -0.2) is 20.2 Å². The average Bonchev–Trinajstić information content (AvgIpc) is 2.68. The summed E-state index contributed by atoms with van der Waals surface area (Å²) in [6.07, 6.45) is 0.254. The molecule has 0 aliphatic heterocycles. The minimum atomic E-state index is -0.803. The highest BCUT2D eigenvalue weighted by Crippen LogP contribution is 2.16. The van der Waals surface area contributed by atoms with Crippen molar-refractivity contribution in [1.82, 2.24) is 15.1 Å². The zero-order chi connectivity index (χ0) is 10.8. The van der Waals surface area contributed by atoms with Crippen molar-refractivity contribution in [2.45, 2.75) is 13.0 Å². The van der Waals surface area contributed by atoms with Gasteiger partial charge in [-0.05, 0) is 19.1 Å². The van der Waals surface area contributed by atoms with Crippen LogP contribution in [0.25, 0.3) is 11.6 Å². The van der Waals surface area contributed by atoms with Crippen LogP contribution < -0.4 is 0 Å². The summed E-state index contributed by atoms with van der Waals surface area (Å²) < 4.78 is 17.4. The summed E-state index contributed by atoms with van der Waals surface area (Å²) in [5, 5.41) is 12.7. The van der Waals surface area contributed by atoms with Gasteiger partial charge in [-0.15, -0.1) is 0 Å². The number of nitrogens with zero attached hydrogens (tertiary/aromatic N) is 3. The Hall–Kier alpha value is -1.82. The van der Waals surface area contributed by atoms with Crippen molar-refractivity contribution in [3.63, 3.8) is 0 Å². The van der Waals surface area contributed by atoms with Gasteiger partial charge in [-0.3, -0.25) is 0 Å². The van der Waals surface area contributed by atoms with Crippen LogP contribution in [0.3, 0.4) is 0 Å². The predicted molar refractivity (Wildman–Crippen MR) is 48.1 cm³/mol. The largest absolute Gasteiger partial charge is 0.385 e. The third-order valence-electron chi connectivity index (χ3n) is 1.76. The molecule has 2 rings (SSSR count). The second-order valence-corrected chi connectivity index (χ2v) is 3.00. The van der Waals surface area contributed by atoms with Crippen molar-refractivity contribution in [2.24, 2.45) is 0 Å². The maximum Gasteiger partial charge on any atom is 0.276 e. The van der Waals surface area contributed by atoms with Crippen LogP contribution in [0.5, 0.6) is 0 Å². The zero-order valence-electron chi connectivity index (χ0n) is 7.88. The van der Waals surface area contributed by atoms with E-state index in [1.165, 1.54) is 19.1 Å². The average molecular weight is 209 g/mol. The van der Waals surface area contributed by atoms with E-state index in [2.05, 4.69) is 15.1 Å². The normalized spacial score (nSPS) is 12.7. The van der Waals surface area contributed by atoms with Gasteiger partial charge in [-0.25, -0.2) is 9.37 Å². The van der Waals surface area contributed by atoms with Gasteiger partial charge in [0.1, 0.15) is 17.6 Å². The fourth-order valence-electron chi connectivity index (χ4n) is 1.01. The molecule has 0 amide bonds. The van der Waals surface area contributed by atoms with Crippen LogP contribution in [0.15, 0.2) is 22.9 Å². The Morgan fingerprint density at radius 3 is 2.80 bits per heavy atom. The van der Waals surface area contributed by atoms with Gasteiger partial charge in [-0.2, -0.15) is 4.98 Å². The third-order valence-corrected chi connectivity index (χ3v) is 1.76. The van der Waals surface area contributed by atoms with Crippen LogP contribution in [0.1, 0.15) is 18.9 Å². The number of pyridine rings is 1. The van der Waals surface area contributed by atoms with Crippen LogP contribution in [0, 0.1) is 5.82 Å². The quantitative estimate of drug-likeness (QED) is 0.807. The molecule has 0 bridgehead atoms. The summed E-state index contributed by atoms with van der Waals surface area (Å²) in [5.74, 6) is -0.101. The first-order valence-electron chi connectivity index (χ1n) is 4.30. The topological polar surface area (TPSA) is 72.0 Å². The summed E-state index contributed by atoms with van der Waals surface area (Å²) in [5.41, 5.74) is 0.371. The Morgan fingerprint density at radius 2 is 2.27 bits per heavy atom. The fraction of sp³-hybridized carbons (Fsp3) is 0.222. The van der Waals surface area contributed by atoms with Crippen LogP contribution in [-0.2, 0) is 0 Å². The summed E-state index contributed by atoms with van der Waals surface area (Å²) in [7, 11) is 0. The van der Waals surface area contributed by atoms with E-state index in [1.807, 2.05) is 0 Å². The number of aromatic nitrogens is 3. The monoisotopic (exact) mass is 209 g/mol. The summed E-state index contributed by atoms with van der Waals surface area (Å²) in [6.45, 7) is 1.52.